The van der Waals surface area contributed by atoms with Crippen LogP contribution in [0.4, 0.5) is 0 Å². The summed E-state index contributed by atoms with van der Waals surface area (Å²) in [5, 5.41) is 0. The molecule has 0 N–H and O–H groups in total. The molecule has 0 aromatic rings. The quantitative estimate of drug-likeness (QED) is 0.320. The molecule has 1 fully saturated rings. The maximum Gasteiger partial charge on any atom is -0.0388 e. The van der Waals surface area contributed by atoms with E-state index in [1.807, 2.05) is 0 Å². The molecule has 0 bridgehead atoms. The van der Waals surface area contributed by atoms with E-state index in [0.717, 1.165) is 23.7 Å². The van der Waals surface area contributed by atoms with Crippen molar-refractivity contribution in [2.24, 2.45) is 23.7 Å². The third kappa shape index (κ3) is 8.59. The molecule has 0 saturated heterocycles. The first-order valence-corrected chi connectivity index (χ1v) is 10.6. The molecule has 0 heteroatoms. The van der Waals surface area contributed by atoms with Gasteiger partial charge in [-0.3, -0.25) is 0 Å². The van der Waals surface area contributed by atoms with Crippen LogP contribution in [0.3, 0.4) is 0 Å². The Hall–Kier alpha value is 0. The topological polar surface area (TPSA) is 0 Å². The van der Waals surface area contributed by atoms with Crippen molar-refractivity contribution in [2.45, 2.75) is 118 Å². The minimum atomic E-state index is 0.911. The van der Waals surface area contributed by atoms with Crippen LogP contribution in [0.1, 0.15) is 118 Å². The molecule has 1 unspecified atom stereocenters. The molecule has 1 rings (SSSR count). The summed E-state index contributed by atoms with van der Waals surface area (Å²) in [7, 11) is 0. The standard InChI is InChI=1S/C22H44/c1-5-6-7-8-9-10-11-12-13-14-20(4)22-17-15-21(16-18-22)19(2)3/h19-22H,5-18H2,1-4H3. The zero-order chi connectivity index (χ0) is 16.2. The van der Waals surface area contributed by atoms with Gasteiger partial charge in [0.15, 0.2) is 0 Å². The van der Waals surface area contributed by atoms with Crippen molar-refractivity contribution in [1.29, 1.82) is 0 Å². The summed E-state index contributed by atoms with van der Waals surface area (Å²) in [4.78, 5) is 0. The average molecular weight is 309 g/mol. The van der Waals surface area contributed by atoms with Crippen LogP contribution in [-0.4, -0.2) is 0 Å². The fourth-order valence-electron chi connectivity index (χ4n) is 4.39. The summed E-state index contributed by atoms with van der Waals surface area (Å²) in [6, 6.07) is 0. The highest BCUT2D eigenvalue weighted by Crippen LogP contribution is 2.38. The predicted molar refractivity (Wildman–Crippen MR) is 101 cm³/mol. The molecule has 1 aliphatic rings. The van der Waals surface area contributed by atoms with Crippen molar-refractivity contribution < 1.29 is 0 Å². The van der Waals surface area contributed by atoms with Gasteiger partial charge in [0.2, 0.25) is 0 Å². The molecular formula is C22H44. The lowest BCUT2D eigenvalue weighted by molar-refractivity contribution is 0.175. The second-order valence-electron chi connectivity index (χ2n) is 8.51. The largest absolute Gasteiger partial charge is 0.0654 e. The molecule has 0 nitrogen and oxygen atoms in total. The summed E-state index contributed by atoms with van der Waals surface area (Å²) in [5.41, 5.74) is 0. The lowest BCUT2D eigenvalue weighted by Gasteiger charge is -2.34. The fraction of sp³-hybridized carbons (Fsp3) is 1.00. The van der Waals surface area contributed by atoms with Crippen LogP contribution in [0.2, 0.25) is 0 Å². The molecule has 0 aliphatic heterocycles. The van der Waals surface area contributed by atoms with Crippen LogP contribution in [-0.2, 0) is 0 Å². The van der Waals surface area contributed by atoms with Crippen molar-refractivity contribution >= 4 is 0 Å². The van der Waals surface area contributed by atoms with Crippen molar-refractivity contribution in [3.8, 4) is 0 Å². The Morgan fingerprint density at radius 1 is 0.636 bits per heavy atom. The van der Waals surface area contributed by atoms with Crippen molar-refractivity contribution in [2.75, 3.05) is 0 Å². The summed E-state index contributed by atoms with van der Waals surface area (Å²) in [5.74, 6) is 3.96. The van der Waals surface area contributed by atoms with E-state index in [9.17, 15) is 0 Å². The van der Waals surface area contributed by atoms with E-state index < -0.39 is 0 Å². The molecule has 132 valence electrons. The Morgan fingerprint density at radius 2 is 1.09 bits per heavy atom. The molecule has 1 aliphatic carbocycles. The molecule has 0 spiro atoms. The van der Waals surface area contributed by atoms with Crippen LogP contribution in [0.15, 0.2) is 0 Å². The maximum atomic E-state index is 2.53. The van der Waals surface area contributed by atoms with E-state index >= 15 is 0 Å². The van der Waals surface area contributed by atoms with Gasteiger partial charge in [0, 0.05) is 0 Å². The smallest absolute Gasteiger partial charge is 0.0388 e. The van der Waals surface area contributed by atoms with Gasteiger partial charge in [-0.25, -0.2) is 0 Å². The minimum Gasteiger partial charge on any atom is -0.0654 e. The van der Waals surface area contributed by atoms with Gasteiger partial charge in [-0.15, -0.1) is 0 Å². The first kappa shape index (κ1) is 20.0. The molecule has 22 heavy (non-hydrogen) atoms. The molecule has 1 saturated carbocycles. The van der Waals surface area contributed by atoms with E-state index in [-0.39, 0.29) is 0 Å². The lowest BCUT2D eigenvalue weighted by Crippen LogP contribution is -2.22. The van der Waals surface area contributed by atoms with Crippen LogP contribution in [0, 0.1) is 23.7 Å². The van der Waals surface area contributed by atoms with Gasteiger partial charge in [0.05, 0.1) is 0 Å². The number of rotatable bonds is 12. The minimum absolute atomic E-state index is 0.911. The maximum absolute atomic E-state index is 2.53. The molecule has 0 amide bonds. The van der Waals surface area contributed by atoms with E-state index in [1.165, 1.54) is 89.9 Å². The Balaban J connectivity index is 1.94. The highest BCUT2D eigenvalue weighted by atomic mass is 14.3. The molecule has 0 radical (unpaired) electrons. The Kier molecular flexibility index (Phi) is 11.3. The summed E-state index contributed by atoms with van der Waals surface area (Å²) in [6.07, 6.45) is 20.7. The zero-order valence-corrected chi connectivity index (χ0v) is 16.2. The number of unbranched alkanes of at least 4 members (excludes halogenated alkanes) is 8. The van der Waals surface area contributed by atoms with Gasteiger partial charge in [-0.05, 0) is 49.4 Å². The molecule has 1 atom stereocenters. The Morgan fingerprint density at radius 3 is 1.59 bits per heavy atom. The molecular weight excluding hydrogens is 264 g/mol. The highest BCUT2D eigenvalue weighted by Gasteiger charge is 2.26. The zero-order valence-electron chi connectivity index (χ0n) is 16.2. The SMILES string of the molecule is CCCCCCCCCCCC(C)C1CCC(C(C)C)CC1. The average Bonchev–Trinajstić information content (AvgIpc) is 2.53. The fourth-order valence-corrected chi connectivity index (χ4v) is 4.39. The predicted octanol–water partition coefficient (Wildman–Crippen LogP) is 8.01. The number of hydrogen-bond donors (Lipinski definition) is 0. The second-order valence-corrected chi connectivity index (χ2v) is 8.51. The lowest BCUT2D eigenvalue weighted by atomic mass is 9.72. The summed E-state index contributed by atoms with van der Waals surface area (Å²) >= 11 is 0. The van der Waals surface area contributed by atoms with Gasteiger partial charge < -0.3 is 0 Å². The van der Waals surface area contributed by atoms with E-state index in [4.69, 9.17) is 0 Å². The van der Waals surface area contributed by atoms with Crippen LogP contribution in [0.25, 0.3) is 0 Å². The number of hydrogen-bond acceptors (Lipinski definition) is 0. The normalized spacial score (nSPS) is 23.9. The van der Waals surface area contributed by atoms with Gasteiger partial charge in [-0.2, -0.15) is 0 Å². The van der Waals surface area contributed by atoms with Crippen LogP contribution >= 0.6 is 0 Å². The Labute approximate surface area is 141 Å². The van der Waals surface area contributed by atoms with E-state index in [1.54, 1.807) is 0 Å². The van der Waals surface area contributed by atoms with Crippen LogP contribution < -0.4 is 0 Å². The third-order valence-corrected chi connectivity index (χ3v) is 6.33. The highest BCUT2D eigenvalue weighted by molar-refractivity contribution is 4.77. The molecule has 0 heterocycles. The third-order valence-electron chi connectivity index (χ3n) is 6.33. The van der Waals surface area contributed by atoms with Crippen LogP contribution in [0.5, 0.6) is 0 Å². The van der Waals surface area contributed by atoms with Crippen molar-refractivity contribution in [3.63, 3.8) is 0 Å². The van der Waals surface area contributed by atoms with Crippen molar-refractivity contribution in [1.82, 2.24) is 0 Å². The molecule has 0 aromatic carbocycles. The monoisotopic (exact) mass is 308 g/mol. The van der Waals surface area contributed by atoms with E-state index in [2.05, 4.69) is 27.7 Å². The van der Waals surface area contributed by atoms with Gasteiger partial charge in [-0.1, -0.05) is 91.9 Å². The Bertz CT molecular complexity index is 234. The van der Waals surface area contributed by atoms with Gasteiger partial charge >= 0.3 is 0 Å². The first-order chi connectivity index (χ1) is 10.6. The van der Waals surface area contributed by atoms with Crippen molar-refractivity contribution in [3.05, 3.63) is 0 Å². The van der Waals surface area contributed by atoms with Gasteiger partial charge in [0.25, 0.3) is 0 Å². The summed E-state index contributed by atoms with van der Waals surface area (Å²) in [6.45, 7) is 9.66. The summed E-state index contributed by atoms with van der Waals surface area (Å²) < 4.78 is 0. The second kappa shape index (κ2) is 12.4. The molecule has 0 aromatic heterocycles. The van der Waals surface area contributed by atoms with E-state index in [0.29, 0.717) is 0 Å². The van der Waals surface area contributed by atoms with Gasteiger partial charge in [0.1, 0.15) is 0 Å². The first-order valence-electron chi connectivity index (χ1n) is 10.6.